The van der Waals surface area contributed by atoms with Crippen LogP contribution >= 0.6 is 11.6 Å². The van der Waals surface area contributed by atoms with Crippen molar-refractivity contribution in [3.05, 3.63) is 70.5 Å². The van der Waals surface area contributed by atoms with Crippen molar-refractivity contribution >= 4 is 23.5 Å². The third kappa shape index (κ3) is 4.40. The molecule has 2 aromatic carbocycles. The number of aryl methyl sites for hydroxylation is 1. The van der Waals surface area contributed by atoms with Crippen LogP contribution in [0.4, 0.5) is 0 Å². The summed E-state index contributed by atoms with van der Waals surface area (Å²) in [5.41, 5.74) is 2.71. The maximum atomic E-state index is 11.9. The van der Waals surface area contributed by atoms with Crippen molar-refractivity contribution < 1.29 is 19.4 Å². The fourth-order valence-electron chi connectivity index (χ4n) is 2.99. The van der Waals surface area contributed by atoms with Crippen molar-refractivity contribution in [3.8, 4) is 17.1 Å². The molecule has 0 saturated heterocycles. The molecule has 0 amide bonds. The molecule has 0 aliphatic rings. The number of hydrogen-bond acceptors (Lipinski definition) is 4. The van der Waals surface area contributed by atoms with Gasteiger partial charge in [0.25, 0.3) is 0 Å². The van der Waals surface area contributed by atoms with Crippen molar-refractivity contribution in [2.45, 2.75) is 26.2 Å². The van der Waals surface area contributed by atoms with Gasteiger partial charge in [0.15, 0.2) is 5.15 Å². The van der Waals surface area contributed by atoms with Crippen LogP contribution in [0, 0.1) is 6.92 Å². The van der Waals surface area contributed by atoms with Crippen molar-refractivity contribution in [2.75, 3.05) is 0 Å². The van der Waals surface area contributed by atoms with E-state index in [1.807, 2.05) is 30.3 Å². The lowest BCUT2D eigenvalue weighted by Gasteiger charge is -2.13. The van der Waals surface area contributed by atoms with Gasteiger partial charge in [0.2, 0.25) is 0 Å². The van der Waals surface area contributed by atoms with E-state index in [9.17, 15) is 14.7 Å². The van der Waals surface area contributed by atoms with Gasteiger partial charge in [-0.3, -0.25) is 9.59 Å². The highest BCUT2D eigenvalue weighted by atomic mass is 35.5. The Bertz CT molecular complexity index is 1010. The lowest BCUT2D eigenvalue weighted by atomic mass is 9.95. The Labute approximate surface area is 167 Å². The van der Waals surface area contributed by atoms with Crippen molar-refractivity contribution in [1.29, 1.82) is 0 Å². The molecule has 28 heavy (non-hydrogen) atoms. The normalized spacial score (nSPS) is 11.8. The molecule has 0 radical (unpaired) electrons. The van der Waals surface area contributed by atoms with Crippen LogP contribution in [0.5, 0.6) is 5.75 Å². The molecule has 0 bridgehead atoms. The van der Waals surface area contributed by atoms with Crippen LogP contribution in [0.15, 0.2) is 48.5 Å². The summed E-state index contributed by atoms with van der Waals surface area (Å²) < 4.78 is 5.12. The summed E-state index contributed by atoms with van der Waals surface area (Å²) >= 11 is 6.25. The number of rotatable bonds is 6. The first-order valence-corrected chi connectivity index (χ1v) is 9.04. The molecule has 3 aromatic rings. The Morgan fingerprint density at radius 1 is 1.21 bits per heavy atom. The number of hydrogen-bond donors (Lipinski definition) is 2. The van der Waals surface area contributed by atoms with Gasteiger partial charge in [-0.15, -0.1) is 0 Å². The Kier molecular flexibility index (Phi) is 5.80. The molecular formula is C21H19ClN2O4. The number of carboxylic acid groups (broad SMARTS) is 1. The molecule has 144 valence electrons. The lowest BCUT2D eigenvalue weighted by Crippen LogP contribution is -2.15. The molecule has 7 heteroatoms. The third-order valence-corrected chi connectivity index (χ3v) is 4.60. The van der Waals surface area contributed by atoms with E-state index in [0.717, 1.165) is 16.7 Å². The predicted octanol–water partition coefficient (Wildman–Crippen LogP) is 4.37. The van der Waals surface area contributed by atoms with Gasteiger partial charge in [0.05, 0.1) is 5.69 Å². The molecule has 0 aliphatic heterocycles. The number of carbonyl (C=O) groups excluding carboxylic acids is 1. The van der Waals surface area contributed by atoms with Crippen LogP contribution in [0.25, 0.3) is 11.4 Å². The van der Waals surface area contributed by atoms with E-state index in [-0.39, 0.29) is 11.6 Å². The topological polar surface area (TPSA) is 92.3 Å². The minimum Gasteiger partial charge on any atom is -0.481 e. The Morgan fingerprint density at radius 2 is 1.93 bits per heavy atom. The molecule has 1 unspecified atom stereocenters. The second-order valence-corrected chi connectivity index (χ2v) is 6.80. The SMILES string of the molecule is CC(=O)Oc1ccc(CC(C(=O)O)c2[nH]c(-c3ccccc3)nc2Cl)cc1C. The quantitative estimate of drug-likeness (QED) is 0.475. The molecule has 3 rings (SSSR count). The smallest absolute Gasteiger partial charge is 0.312 e. The number of nitrogens with zero attached hydrogens (tertiary/aromatic N) is 1. The average Bonchev–Trinajstić information content (AvgIpc) is 3.03. The number of esters is 1. The van der Waals surface area contributed by atoms with E-state index in [1.54, 1.807) is 25.1 Å². The van der Waals surface area contributed by atoms with Crippen LogP contribution in [0.3, 0.4) is 0 Å². The summed E-state index contributed by atoms with van der Waals surface area (Å²) in [5.74, 6) is -1.33. The highest BCUT2D eigenvalue weighted by Crippen LogP contribution is 2.30. The number of imidazole rings is 1. The number of ether oxygens (including phenoxy) is 1. The monoisotopic (exact) mass is 398 g/mol. The van der Waals surface area contributed by atoms with Gasteiger partial charge in [0.1, 0.15) is 17.5 Å². The zero-order valence-electron chi connectivity index (χ0n) is 15.4. The summed E-state index contributed by atoms with van der Waals surface area (Å²) in [6, 6.07) is 14.6. The van der Waals surface area contributed by atoms with E-state index in [2.05, 4.69) is 9.97 Å². The number of nitrogens with one attached hydrogen (secondary N) is 1. The highest BCUT2D eigenvalue weighted by Gasteiger charge is 2.26. The van der Waals surface area contributed by atoms with Gasteiger partial charge in [0, 0.05) is 12.5 Å². The van der Waals surface area contributed by atoms with Crippen molar-refractivity contribution in [1.82, 2.24) is 9.97 Å². The molecule has 1 heterocycles. The van der Waals surface area contributed by atoms with Gasteiger partial charge in [-0.2, -0.15) is 0 Å². The van der Waals surface area contributed by atoms with Crippen LogP contribution < -0.4 is 4.74 Å². The number of carbonyl (C=O) groups is 2. The molecule has 6 nitrogen and oxygen atoms in total. The van der Waals surface area contributed by atoms with E-state index in [4.69, 9.17) is 16.3 Å². The number of carboxylic acids is 1. The van der Waals surface area contributed by atoms with Crippen molar-refractivity contribution in [3.63, 3.8) is 0 Å². The molecule has 2 N–H and O–H groups in total. The molecule has 0 saturated carbocycles. The second kappa shape index (κ2) is 8.27. The lowest BCUT2D eigenvalue weighted by molar-refractivity contribution is -0.139. The standard InChI is InChI=1S/C21H19ClN2O4/c1-12-10-14(8-9-17(12)28-13(2)25)11-16(21(26)27)18-19(22)24-20(23-18)15-6-4-3-5-7-15/h3-10,16H,11H2,1-2H3,(H,23,24)(H,26,27). The fourth-order valence-corrected chi connectivity index (χ4v) is 3.25. The number of aliphatic carboxylic acids is 1. The van der Waals surface area contributed by atoms with E-state index in [0.29, 0.717) is 17.3 Å². The van der Waals surface area contributed by atoms with E-state index in [1.165, 1.54) is 6.92 Å². The van der Waals surface area contributed by atoms with Crippen molar-refractivity contribution in [2.24, 2.45) is 0 Å². The first-order valence-electron chi connectivity index (χ1n) is 8.66. The minimum absolute atomic E-state index is 0.138. The first kappa shape index (κ1) is 19.6. The molecular weight excluding hydrogens is 380 g/mol. The van der Waals surface area contributed by atoms with Crippen LogP contribution in [-0.2, 0) is 16.0 Å². The Balaban J connectivity index is 1.89. The number of halogens is 1. The van der Waals surface area contributed by atoms with E-state index >= 15 is 0 Å². The number of aromatic nitrogens is 2. The molecule has 1 atom stereocenters. The van der Waals surface area contributed by atoms with Gasteiger partial charge in [-0.1, -0.05) is 54.1 Å². The number of benzene rings is 2. The molecule has 0 spiro atoms. The maximum absolute atomic E-state index is 11.9. The van der Waals surface area contributed by atoms with Gasteiger partial charge < -0.3 is 14.8 Å². The van der Waals surface area contributed by atoms with Gasteiger partial charge >= 0.3 is 11.9 Å². The van der Waals surface area contributed by atoms with Crippen LogP contribution in [0.2, 0.25) is 5.15 Å². The number of aromatic amines is 1. The molecule has 0 fully saturated rings. The largest absolute Gasteiger partial charge is 0.481 e. The Hall–Kier alpha value is -3.12. The summed E-state index contributed by atoms with van der Waals surface area (Å²) in [6.07, 6.45) is 0.215. The summed E-state index contributed by atoms with van der Waals surface area (Å²) in [6.45, 7) is 3.13. The molecule has 0 aliphatic carbocycles. The maximum Gasteiger partial charge on any atom is 0.312 e. The van der Waals surface area contributed by atoms with Gasteiger partial charge in [-0.05, 0) is 30.5 Å². The average molecular weight is 399 g/mol. The second-order valence-electron chi connectivity index (χ2n) is 6.44. The third-order valence-electron chi connectivity index (χ3n) is 4.31. The zero-order valence-corrected chi connectivity index (χ0v) is 16.2. The summed E-state index contributed by atoms with van der Waals surface area (Å²) in [7, 11) is 0. The zero-order chi connectivity index (χ0) is 20.3. The summed E-state index contributed by atoms with van der Waals surface area (Å²) in [5, 5.41) is 9.90. The predicted molar refractivity (Wildman–Crippen MR) is 106 cm³/mol. The molecule has 1 aromatic heterocycles. The Morgan fingerprint density at radius 3 is 2.54 bits per heavy atom. The first-order chi connectivity index (χ1) is 13.3. The van der Waals surface area contributed by atoms with E-state index < -0.39 is 17.9 Å². The highest BCUT2D eigenvalue weighted by molar-refractivity contribution is 6.30. The van der Waals surface area contributed by atoms with Gasteiger partial charge in [-0.25, -0.2) is 4.98 Å². The van der Waals surface area contributed by atoms with Crippen LogP contribution in [-0.4, -0.2) is 27.0 Å². The minimum atomic E-state index is -1.01. The van der Waals surface area contributed by atoms with Crippen LogP contribution in [0.1, 0.15) is 29.7 Å². The number of H-pyrrole nitrogens is 1. The summed E-state index contributed by atoms with van der Waals surface area (Å²) in [4.78, 5) is 30.4. The fraction of sp³-hybridized carbons (Fsp3) is 0.190.